The van der Waals surface area contributed by atoms with Crippen LogP contribution < -0.4 is 0 Å². The monoisotopic (exact) mass is 275 g/mol. The zero-order valence-electron chi connectivity index (χ0n) is 12.3. The van der Waals surface area contributed by atoms with Crippen molar-refractivity contribution in [3.63, 3.8) is 0 Å². The van der Waals surface area contributed by atoms with E-state index in [1.807, 2.05) is 12.1 Å². The first-order chi connectivity index (χ1) is 9.79. The molecule has 0 aliphatic rings. The molecule has 0 spiro atoms. The number of aromatic hydroxyl groups is 1. The summed E-state index contributed by atoms with van der Waals surface area (Å²) >= 11 is 0. The first-order valence-electron chi connectivity index (χ1n) is 7.64. The molecule has 0 aliphatic heterocycles. The topological polar surface area (TPSA) is 49.7 Å². The van der Waals surface area contributed by atoms with Crippen LogP contribution in [0.3, 0.4) is 0 Å². The number of para-hydroxylation sites is 1. The summed E-state index contributed by atoms with van der Waals surface area (Å²) in [5, 5.41) is 9.82. The molecule has 0 heterocycles. The zero-order valence-corrected chi connectivity index (χ0v) is 12.3. The minimum atomic E-state index is -0.260. The van der Waals surface area contributed by atoms with E-state index >= 15 is 0 Å². The molecule has 0 aliphatic carbocycles. The summed E-state index contributed by atoms with van der Waals surface area (Å²) in [5.41, 5.74) is 0.724. The van der Waals surface area contributed by atoms with Gasteiger partial charge in [-0.25, -0.2) is 4.79 Å². The van der Waals surface area contributed by atoms with Gasteiger partial charge in [0.15, 0.2) is 0 Å². The third-order valence-corrected chi connectivity index (χ3v) is 3.59. The average molecular weight is 275 g/mol. The number of carbonyl (C=O) groups excluding carboxylic acids is 1. The van der Waals surface area contributed by atoms with Crippen molar-refractivity contribution in [3.05, 3.63) is 29.8 Å². The molecule has 0 saturated heterocycles. The van der Waals surface area contributed by atoms with Crippen LogP contribution in [0.2, 0.25) is 0 Å². The number of benzene rings is 1. The number of aliphatic imine (C=N–C) groups is 1. The molecule has 1 aromatic rings. The van der Waals surface area contributed by atoms with Gasteiger partial charge >= 0.3 is 0 Å². The molecule has 0 fully saturated rings. The molecule has 1 aromatic carbocycles. The van der Waals surface area contributed by atoms with Gasteiger partial charge < -0.3 is 5.11 Å². The van der Waals surface area contributed by atoms with Crippen molar-refractivity contribution in [2.24, 2.45) is 4.99 Å². The Kier molecular flexibility index (Phi) is 8.41. The van der Waals surface area contributed by atoms with E-state index in [-0.39, 0.29) is 11.8 Å². The molecule has 1 atom stereocenters. The second-order valence-electron chi connectivity index (χ2n) is 5.20. The molecule has 0 aromatic heterocycles. The lowest BCUT2D eigenvalue weighted by atomic mass is 9.99. The number of rotatable bonds is 10. The lowest BCUT2D eigenvalue weighted by Gasteiger charge is -2.12. The Labute approximate surface area is 121 Å². The second-order valence-corrected chi connectivity index (χ2v) is 5.20. The maximum atomic E-state index is 10.5. The Hall–Kier alpha value is -1.60. The average Bonchev–Trinajstić information content (AvgIpc) is 2.46. The Balaban J connectivity index is 2.37. The highest BCUT2D eigenvalue weighted by Gasteiger charge is 2.13. The lowest BCUT2D eigenvalue weighted by Crippen LogP contribution is -1.96. The van der Waals surface area contributed by atoms with E-state index in [1.54, 1.807) is 18.2 Å². The van der Waals surface area contributed by atoms with Crippen LogP contribution >= 0.6 is 0 Å². The molecular formula is C17H25NO2. The molecule has 3 heteroatoms. The van der Waals surface area contributed by atoms with Crippen molar-refractivity contribution < 1.29 is 9.90 Å². The van der Waals surface area contributed by atoms with Gasteiger partial charge in [-0.15, -0.1) is 0 Å². The normalized spacial score (nSPS) is 11.8. The Bertz CT molecular complexity index is 425. The summed E-state index contributed by atoms with van der Waals surface area (Å²) < 4.78 is 0. The summed E-state index contributed by atoms with van der Waals surface area (Å²) in [6.07, 6.45) is 11.0. The maximum absolute atomic E-state index is 10.5. The maximum Gasteiger partial charge on any atom is 0.235 e. The predicted molar refractivity (Wildman–Crippen MR) is 81.6 cm³/mol. The molecule has 20 heavy (non-hydrogen) atoms. The van der Waals surface area contributed by atoms with Crippen LogP contribution in [0, 0.1) is 0 Å². The van der Waals surface area contributed by atoms with Crippen LogP contribution in [-0.4, -0.2) is 11.2 Å². The highest BCUT2D eigenvalue weighted by atomic mass is 16.3. The predicted octanol–water partition coefficient (Wildman–Crippen LogP) is 4.91. The van der Waals surface area contributed by atoms with Gasteiger partial charge in [-0.05, 0) is 12.5 Å². The molecular weight excluding hydrogens is 250 g/mol. The van der Waals surface area contributed by atoms with Crippen LogP contribution in [-0.2, 0) is 4.79 Å². The fraction of sp³-hybridized carbons (Fsp3) is 0.588. The first kappa shape index (κ1) is 16.5. The van der Waals surface area contributed by atoms with E-state index in [9.17, 15) is 9.90 Å². The number of phenols is 1. The Morgan fingerprint density at radius 3 is 2.40 bits per heavy atom. The molecule has 1 rings (SSSR count). The summed E-state index contributed by atoms with van der Waals surface area (Å²) in [4.78, 5) is 14.4. The highest BCUT2D eigenvalue weighted by molar-refractivity contribution is 5.39. The van der Waals surface area contributed by atoms with Crippen LogP contribution in [0.4, 0.5) is 0 Å². The van der Waals surface area contributed by atoms with Crippen LogP contribution in [0.25, 0.3) is 0 Å². The smallest absolute Gasteiger partial charge is 0.235 e. The Morgan fingerprint density at radius 1 is 1.10 bits per heavy atom. The van der Waals surface area contributed by atoms with Gasteiger partial charge in [-0.3, -0.25) is 0 Å². The SMILES string of the molecule is CCCCCCCCCC(N=C=O)c1ccccc1O. The van der Waals surface area contributed by atoms with Crippen LogP contribution in [0.5, 0.6) is 5.75 Å². The second kappa shape index (κ2) is 10.2. The number of hydrogen-bond donors (Lipinski definition) is 1. The van der Waals surface area contributed by atoms with Gasteiger partial charge in [0, 0.05) is 5.56 Å². The van der Waals surface area contributed by atoms with Gasteiger partial charge in [0.2, 0.25) is 6.08 Å². The van der Waals surface area contributed by atoms with E-state index in [2.05, 4.69) is 11.9 Å². The number of isocyanates is 1. The minimum absolute atomic E-state index is 0.208. The molecule has 0 radical (unpaired) electrons. The van der Waals surface area contributed by atoms with E-state index < -0.39 is 0 Å². The van der Waals surface area contributed by atoms with Gasteiger partial charge in [0.25, 0.3) is 0 Å². The standard InChI is InChI=1S/C17H25NO2/c1-2-3-4-5-6-7-8-12-16(18-14-19)15-11-9-10-13-17(15)20/h9-11,13,16,20H,2-8,12H2,1H3. The van der Waals surface area contributed by atoms with Gasteiger partial charge in [0.1, 0.15) is 5.75 Å². The molecule has 0 bridgehead atoms. The summed E-state index contributed by atoms with van der Waals surface area (Å²) in [6, 6.07) is 6.82. The van der Waals surface area contributed by atoms with Gasteiger partial charge in [-0.2, -0.15) is 4.99 Å². The fourth-order valence-electron chi connectivity index (χ4n) is 2.42. The minimum Gasteiger partial charge on any atom is -0.508 e. The van der Waals surface area contributed by atoms with E-state index in [1.165, 1.54) is 32.1 Å². The van der Waals surface area contributed by atoms with Crippen LogP contribution in [0.1, 0.15) is 69.9 Å². The number of hydrogen-bond acceptors (Lipinski definition) is 3. The van der Waals surface area contributed by atoms with Gasteiger partial charge in [-0.1, -0.05) is 70.1 Å². The molecule has 1 N–H and O–H groups in total. The van der Waals surface area contributed by atoms with E-state index in [0.717, 1.165) is 24.8 Å². The molecule has 3 nitrogen and oxygen atoms in total. The number of nitrogens with zero attached hydrogens (tertiary/aromatic N) is 1. The largest absolute Gasteiger partial charge is 0.508 e. The fourth-order valence-corrected chi connectivity index (χ4v) is 2.42. The van der Waals surface area contributed by atoms with Crippen molar-refractivity contribution in [2.75, 3.05) is 0 Å². The van der Waals surface area contributed by atoms with Crippen molar-refractivity contribution in [1.29, 1.82) is 0 Å². The van der Waals surface area contributed by atoms with E-state index in [0.29, 0.717) is 0 Å². The molecule has 0 saturated carbocycles. The number of phenolic OH excluding ortho intramolecular Hbond substituents is 1. The van der Waals surface area contributed by atoms with Crippen molar-refractivity contribution >= 4 is 6.08 Å². The quantitative estimate of drug-likeness (QED) is 0.374. The number of unbranched alkanes of at least 4 members (excludes halogenated alkanes) is 6. The molecule has 110 valence electrons. The first-order valence-corrected chi connectivity index (χ1v) is 7.64. The summed E-state index contributed by atoms with van der Waals surface area (Å²) in [5.74, 6) is 0.208. The third kappa shape index (κ3) is 6.03. The van der Waals surface area contributed by atoms with Crippen molar-refractivity contribution in [2.45, 2.75) is 64.3 Å². The zero-order chi connectivity index (χ0) is 14.6. The van der Waals surface area contributed by atoms with Gasteiger partial charge in [0.05, 0.1) is 6.04 Å². The highest BCUT2D eigenvalue weighted by Crippen LogP contribution is 2.30. The summed E-state index contributed by atoms with van der Waals surface area (Å²) in [6.45, 7) is 2.22. The van der Waals surface area contributed by atoms with Crippen molar-refractivity contribution in [3.8, 4) is 5.75 Å². The molecule has 0 amide bonds. The lowest BCUT2D eigenvalue weighted by molar-refractivity contribution is 0.454. The molecule has 1 unspecified atom stereocenters. The summed E-state index contributed by atoms with van der Waals surface area (Å²) in [7, 11) is 0. The Morgan fingerprint density at radius 2 is 1.75 bits per heavy atom. The third-order valence-electron chi connectivity index (χ3n) is 3.59. The van der Waals surface area contributed by atoms with Crippen LogP contribution in [0.15, 0.2) is 29.3 Å². The van der Waals surface area contributed by atoms with Crippen molar-refractivity contribution in [1.82, 2.24) is 0 Å². The van der Waals surface area contributed by atoms with E-state index in [4.69, 9.17) is 0 Å².